The molecule has 0 aliphatic heterocycles. The fraction of sp³-hybridized carbons (Fsp3) is 0.0909. The minimum Gasteiger partial charge on any atom is -0.507 e. The molecule has 34 heavy (non-hydrogen) atoms. The lowest BCUT2D eigenvalue weighted by Crippen LogP contribution is -2.39. The molecule has 12 heteroatoms. The summed E-state index contributed by atoms with van der Waals surface area (Å²) >= 11 is 21.2. The van der Waals surface area contributed by atoms with Crippen LogP contribution in [0.3, 0.4) is 0 Å². The smallest absolute Gasteiger partial charge is 0.255 e. The molecule has 0 aliphatic carbocycles. The van der Waals surface area contributed by atoms with Crippen molar-refractivity contribution in [2.24, 2.45) is 5.10 Å². The number of amides is 1. The van der Waals surface area contributed by atoms with Gasteiger partial charge < -0.3 is 5.11 Å². The highest BCUT2D eigenvalue weighted by Crippen LogP contribution is 2.25. The predicted molar refractivity (Wildman–Crippen MR) is 137 cm³/mol. The van der Waals surface area contributed by atoms with Crippen molar-refractivity contribution in [3.05, 3.63) is 91.3 Å². The molecule has 0 spiro atoms. The first-order valence-electron chi connectivity index (χ1n) is 9.56. The number of phenols is 1. The van der Waals surface area contributed by atoms with Crippen molar-refractivity contribution in [2.45, 2.75) is 11.4 Å². The maximum Gasteiger partial charge on any atom is 0.255 e. The van der Waals surface area contributed by atoms with Crippen LogP contribution in [0.2, 0.25) is 15.1 Å². The van der Waals surface area contributed by atoms with Crippen molar-refractivity contribution >= 4 is 72.9 Å². The van der Waals surface area contributed by atoms with Gasteiger partial charge in [-0.25, -0.2) is 13.8 Å². The molecule has 2 N–H and O–H groups in total. The number of sulfonamides is 1. The zero-order chi connectivity index (χ0) is 24.9. The lowest BCUT2D eigenvalue weighted by Gasteiger charge is -2.22. The number of benzene rings is 3. The minimum atomic E-state index is -4.08. The van der Waals surface area contributed by atoms with Gasteiger partial charge in [0.2, 0.25) is 10.0 Å². The SMILES string of the molecule is O=C(CN(Cc1ccc(Cl)c(Cl)c1)S(=O)(=O)c1ccc(Cl)cc1)N/N=C\c1cc(Br)ccc1O. The Bertz CT molecular complexity index is 1340. The minimum absolute atomic E-state index is 0.0345. The van der Waals surface area contributed by atoms with E-state index in [1.54, 1.807) is 24.3 Å². The van der Waals surface area contributed by atoms with Gasteiger partial charge in [0, 0.05) is 21.6 Å². The number of nitrogens with one attached hydrogen (secondary N) is 1. The molecule has 0 bridgehead atoms. The fourth-order valence-corrected chi connectivity index (χ4v) is 5.03. The highest BCUT2D eigenvalue weighted by atomic mass is 79.9. The summed E-state index contributed by atoms with van der Waals surface area (Å²) in [6.07, 6.45) is 1.25. The van der Waals surface area contributed by atoms with E-state index in [1.807, 2.05) is 0 Å². The number of carbonyl (C=O) groups is 1. The normalized spacial score (nSPS) is 11.8. The zero-order valence-electron chi connectivity index (χ0n) is 17.3. The van der Waals surface area contributed by atoms with Crippen LogP contribution in [0.4, 0.5) is 0 Å². The first-order valence-corrected chi connectivity index (χ1v) is 12.9. The number of nitrogens with zero attached hydrogens (tertiary/aromatic N) is 2. The maximum absolute atomic E-state index is 13.3. The van der Waals surface area contributed by atoms with Crippen LogP contribution in [0, 0.1) is 0 Å². The third-order valence-electron chi connectivity index (χ3n) is 4.50. The lowest BCUT2D eigenvalue weighted by molar-refractivity contribution is -0.121. The van der Waals surface area contributed by atoms with Crippen LogP contribution in [-0.2, 0) is 21.4 Å². The van der Waals surface area contributed by atoms with Gasteiger partial charge >= 0.3 is 0 Å². The van der Waals surface area contributed by atoms with Crippen molar-refractivity contribution in [1.29, 1.82) is 0 Å². The van der Waals surface area contributed by atoms with Crippen molar-refractivity contribution < 1.29 is 18.3 Å². The van der Waals surface area contributed by atoms with Crippen LogP contribution >= 0.6 is 50.7 Å². The molecular weight excluding hydrogens is 589 g/mol. The summed E-state index contributed by atoms with van der Waals surface area (Å²) in [7, 11) is -4.08. The molecule has 178 valence electrons. The average molecular weight is 606 g/mol. The van der Waals surface area contributed by atoms with Gasteiger partial charge in [0.15, 0.2) is 0 Å². The number of hydrogen-bond donors (Lipinski definition) is 2. The Kier molecular flexibility index (Phi) is 8.97. The van der Waals surface area contributed by atoms with Crippen LogP contribution in [0.1, 0.15) is 11.1 Å². The van der Waals surface area contributed by atoms with E-state index in [0.717, 1.165) is 4.31 Å². The number of phenolic OH excluding ortho intramolecular Hbond substituents is 1. The van der Waals surface area contributed by atoms with E-state index in [0.29, 0.717) is 25.6 Å². The second-order valence-electron chi connectivity index (χ2n) is 6.97. The lowest BCUT2D eigenvalue weighted by atomic mass is 10.2. The zero-order valence-corrected chi connectivity index (χ0v) is 21.9. The predicted octanol–water partition coefficient (Wildman–Crippen LogP) is 5.46. The third-order valence-corrected chi connectivity index (χ3v) is 7.79. The summed E-state index contributed by atoms with van der Waals surface area (Å²) in [5, 5.41) is 14.6. The quantitative estimate of drug-likeness (QED) is 0.263. The van der Waals surface area contributed by atoms with Crippen LogP contribution in [0.15, 0.2) is 75.1 Å². The molecule has 1 amide bonds. The van der Waals surface area contributed by atoms with E-state index in [4.69, 9.17) is 34.8 Å². The molecule has 0 saturated heterocycles. The van der Waals surface area contributed by atoms with Gasteiger partial charge in [0.1, 0.15) is 5.75 Å². The van der Waals surface area contributed by atoms with E-state index in [9.17, 15) is 18.3 Å². The van der Waals surface area contributed by atoms with Gasteiger partial charge in [0.05, 0.1) is 27.7 Å². The number of hydrogen-bond acceptors (Lipinski definition) is 5. The second-order valence-corrected chi connectivity index (χ2v) is 11.1. The van der Waals surface area contributed by atoms with E-state index in [2.05, 4.69) is 26.5 Å². The Morgan fingerprint density at radius 1 is 1.03 bits per heavy atom. The van der Waals surface area contributed by atoms with E-state index < -0.39 is 22.5 Å². The summed E-state index contributed by atoms with van der Waals surface area (Å²) in [6, 6.07) is 15.0. The van der Waals surface area contributed by atoms with Gasteiger partial charge in [0.25, 0.3) is 5.91 Å². The molecular formula is C22H17BrCl3N3O4S. The molecule has 3 aromatic carbocycles. The molecule has 0 heterocycles. The molecule has 3 aromatic rings. The first kappa shape index (κ1) is 26.5. The maximum atomic E-state index is 13.3. The third kappa shape index (κ3) is 6.94. The Morgan fingerprint density at radius 2 is 1.74 bits per heavy atom. The van der Waals surface area contributed by atoms with Crippen LogP contribution < -0.4 is 5.43 Å². The molecule has 0 aliphatic rings. The molecule has 0 radical (unpaired) electrons. The Labute approximate surface area is 220 Å². The second kappa shape index (κ2) is 11.5. The molecule has 0 aromatic heterocycles. The van der Waals surface area contributed by atoms with Crippen molar-refractivity contribution in [1.82, 2.24) is 9.73 Å². The van der Waals surface area contributed by atoms with Gasteiger partial charge in [-0.2, -0.15) is 9.41 Å². The summed E-state index contributed by atoms with van der Waals surface area (Å²) in [4.78, 5) is 12.5. The highest BCUT2D eigenvalue weighted by molar-refractivity contribution is 9.10. The van der Waals surface area contributed by atoms with Gasteiger partial charge in [-0.3, -0.25) is 4.79 Å². The monoisotopic (exact) mass is 603 g/mol. The fourth-order valence-electron chi connectivity index (χ4n) is 2.82. The van der Waals surface area contributed by atoms with E-state index in [-0.39, 0.29) is 22.2 Å². The largest absolute Gasteiger partial charge is 0.507 e. The molecule has 7 nitrogen and oxygen atoms in total. The molecule has 0 fully saturated rings. The molecule has 0 unspecified atom stereocenters. The van der Waals surface area contributed by atoms with Crippen LogP contribution in [-0.4, -0.2) is 36.5 Å². The number of halogens is 4. The van der Waals surface area contributed by atoms with Gasteiger partial charge in [-0.05, 0) is 60.2 Å². The van der Waals surface area contributed by atoms with Crippen molar-refractivity contribution in [3.8, 4) is 5.75 Å². The topological polar surface area (TPSA) is 99.1 Å². The summed E-state index contributed by atoms with van der Waals surface area (Å²) in [6.45, 7) is -0.682. The first-order chi connectivity index (χ1) is 16.1. The highest BCUT2D eigenvalue weighted by Gasteiger charge is 2.27. The molecule has 0 atom stereocenters. The van der Waals surface area contributed by atoms with Gasteiger partial charge in [-0.15, -0.1) is 0 Å². The summed E-state index contributed by atoms with van der Waals surface area (Å²) in [5.41, 5.74) is 3.16. The van der Waals surface area contributed by atoms with Gasteiger partial charge in [-0.1, -0.05) is 56.8 Å². The number of rotatable bonds is 8. The summed E-state index contributed by atoms with van der Waals surface area (Å²) in [5.74, 6) is -0.726. The standard InChI is InChI=1S/C22H17BrCl3N3O4S/c23-16-2-8-21(30)15(10-16)11-27-28-22(31)13-29(12-14-1-7-19(25)20(26)9-14)34(32,33)18-5-3-17(24)4-6-18/h1-11,30H,12-13H2,(H,28,31)/b27-11-. The van der Waals surface area contributed by atoms with E-state index in [1.165, 1.54) is 42.6 Å². The van der Waals surface area contributed by atoms with E-state index >= 15 is 0 Å². The number of hydrazone groups is 1. The Morgan fingerprint density at radius 3 is 2.41 bits per heavy atom. The van der Waals surface area contributed by atoms with Crippen LogP contribution in [0.5, 0.6) is 5.75 Å². The Hall–Kier alpha value is -2.14. The molecule has 0 saturated carbocycles. The number of carbonyl (C=O) groups excluding carboxylic acids is 1. The van der Waals surface area contributed by atoms with Crippen molar-refractivity contribution in [2.75, 3.05) is 6.54 Å². The Balaban J connectivity index is 1.83. The van der Waals surface area contributed by atoms with Crippen LogP contribution in [0.25, 0.3) is 0 Å². The average Bonchev–Trinajstić information content (AvgIpc) is 2.78. The number of aromatic hydroxyl groups is 1. The molecule has 3 rings (SSSR count). The summed E-state index contributed by atoms with van der Waals surface area (Å²) < 4.78 is 28.3. The van der Waals surface area contributed by atoms with Crippen molar-refractivity contribution in [3.63, 3.8) is 0 Å².